The normalized spacial score (nSPS) is 10.0. The highest BCUT2D eigenvalue weighted by Gasteiger charge is 2.10. The maximum absolute atomic E-state index is 12.0. The molecule has 108 valence electrons. The van der Waals surface area contributed by atoms with Crippen LogP contribution in [0.15, 0.2) is 36.7 Å². The molecule has 0 bridgehead atoms. The third-order valence-electron chi connectivity index (χ3n) is 2.85. The lowest BCUT2D eigenvalue weighted by atomic mass is 10.2. The Morgan fingerprint density at radius 1 is 1.19 bits per heavy atom. The van der Waals surface area contributed by atoms with Crippen molar-refractivity contribution in [3.63, 3.8) is 0 Å². The smallest absolute Gasteiger partial charge is 0.270 e. The van der Waals surface area contributed by atoms with Gasteiger partial charge in [-0.2, -0.15) is 0 Å². The lowest BCUT2D eigenvalue weighted by Gasteiger charge is -2.07. The second-order valence-corrected chi connectivity index (χ2v) is 4.38. The Morgan fingerprint density at radius 3 is 2.67 bits per heavy atom. The first kappa shape index (κ1) is 14.6. The van der Waals surface area contributed by atoms with Gasteiger partial charge >= 0.3 is 0 Å². The first-order chi connectivity index (χ1) is 10.1. The van der Waals surface area contributed by atoms with Gasteiger partial charge in [0.2, 0.25) is 0 Å². The topological polar surface area (TPSA) is 81.2 Å². The van der Waals surface area contributed by atoms with E-state index in [1.54, 1.807) is 7.11 Å². The molecule has 0 atom stereocenters. The summed E-state index contributed by atoms with van der Waals surface area (Å²) in [4.78, 5) is 30.9. The molecule has 1 N–H and O–H groups in total. The minimum absolute atomic E-state index is 0.165. The summed E-state index contributed by atoms with van der Waals surface area (Å²) in [7, 11) is 1.59. The Morgan fingerprint density at radius 2 is 1.95 bits per heavy atom. The van der Waals surface area contributed by atoms with Crippen molar-refractivity contribution in [2.24, 2.45) is 0 Å². The van der Waals surface area contributed by atoms with Crippen molar-refractivity contribution in [3.05, 3.63) is 53.6 Å². The molecule has 0 aliphatic rings. The number of methoxy groups -OCH3 is 1. The SMILES string of the molecule is COc1cccc(CNC(=O)c2cc(C(C)=O)ncn2)c1. The first-order valence-corrected chi connectivity index (χ1v) is 6.34. The number of carbonyl (C=O) groups is 2. The molecule has 1 heterocycles. The molecule has 0 fully saturated rings. The van der Waals surface area contributed by atoms with Crippen LogP contribution in [0.2, 0.25) is 0 Å². The second kappa shape index (κ2) is 6.60. The fourth-order valence-electron chi connectivity index (χ4n) is 1.73. The van der Waals surface area contributed by atoms with Gasteiger partial charge in [-0.15, -0.1) is 0 Å². The van der Waals surface area contributed by atoms with E-state index in [1.807, 2.05) is 24.3 Å². The fraction of sp³-hybridized carbons (Fsp3) is 0.200. The van der Waals surface area contributed by atoms with E-state index in [-0.39, 0.29) is 23.1 Å². The van der Waals surface area contributed by atoms with Crippen molar-refractivity contribution in [2.75, 3.05) is 7.11 Å². The number of ether oxygens (including phenoxy) is 1. The van der Waals surface area contributed by atoms with Gasteiger partial charge in [0.15, 0.2) is 5.78 Å². The summed E-state index contributed by atoms with van der Waals surface area (Å²) in [5.41, 5.74) is 1.29. The number of hydrogen-bond acceptors (Lipinski definition) is 5. The molecule has 0 aliphatic carbocycles. The molecule has 21 heavy (non-hydrogen) atoms. The van der Waals surface area contributed by atoms with Crippen molar-refractivity contribution >= 4 is 11.7 Å². The lowest BCUT2D eigenvalue weighted by molar-refractivity contribution is 0.0945. The van der Waals surface area contributed by atoms with Crippen molar-refractivity contribution < 1.29 is 14.3 Å². The quantitative estimate of drug-likeness (QED) is 0.844. The number of benzene rings is 1. The van der Waals surface area contributed by atoms with E-state index in [0.717, 1.165) is 11.3 Å². The Labute approximate surface area is 122 Å². The molecule has 2 rings (SSSR count). The molecule has 0 saturated heterocycles. The number of ketones is 1. The number of carbonyl (C=O) groups excluding carboxylic acids is 2. The van der Waals surface area contributed by atoms with Crippen LogP contribution in [0.4, 0.5) is 0 Å². The summed E-state index contributed by atoms with van der Waals surface area (Å²) in [5.74, 6) is 0.157. The van der Waals surface area contributed by atoms with Gasteiger partial charge < -0.3 is 10.1 Å². The van der Waals surface area contributed by atoms with Crippen LogP contribution in [0.1, 0.15) is 33.5 Å². The summed E-state index contributed by atoms with van der Waals surface area (Å²) in [6, 6.07) is 8.77. The van der Waals surface area contributed by atoms with Crippen molar-refractivity contribution in [1.82, 2.24) is 15.3 Å². The highest BCUT2D eigenvalue weighted by molar-refractivity contribution is 5.97. The van der Waals surface area contributed by atoms with E-state index >= 15 is 0 Å². The molecule has 0 saturated carbocycles. The highest BCUT2D eigenvalue weighted by Crippen LogP contribution is 2.12. The van der Waals surface area contributed by atoms with Gasteiger partial charge in [0.25, 0.3) is 5.91 Å². The molecule has 2 aromatic rings. The number of hydrogen-bond donors (Lipinski definition) is 1. The van der Waals surface area contributed by atoms with Crippen LogP contribution in [0, 0.1) is 0 Å². The minimum atomic E-state index is -0.359. The van der Waals surface area contributed by atoms with Crippen LogP contribution in [-0.4, -0.2) is 28.8 Å². The summed E-state index contributed by atoms with van der Waals surface area (Å²) in [5, 5.41) is 2.74. The minimum Gasteiger partial charge on any atom is -0.497 e. The van der Waals surface area contributed by atoms with Crippen LogP contribution in [0.3, 0.4) is 0 Å². The van der Waals surface area contributed by atoms with E-state index in [1.165, 1.54) is 19.3 Å². The average Bonchev–Trinajstić information content (AvgIpc) is 2.53. The van der Waals surface area contributed by atoms with Crippen LogP contribution >= 0.6 is 0 Å². The molecular formula is C15H15N3O3. The highest BCUT2D eigenvalue weighted by atomic mass is 16.5. The molecule has 0 aliphatic heterocycles. The number of aromatic nitrogens is 2. The summed E-state index contributed by atoms with van der Waals surface area (Å²) < 4.78 is 5.12. The van der Waals surface area contributed by atoms with E-state index in [0.29, 0.717) is 6.54 Å². The lowest BCUT2D eigenvalue weighted by Crippen LogP contribution is -2.24. The maximum atomic E-state index is 12.0. The van der Waals surface area contributed by atoms with Crippen LogP contribution in [0.5, 0.6) is 5.75 Å². The average molecular weight is 285 g/mol. The number of Topliss-reactive ketones (excluding diaryl/α,β-unsaturated/α-hetero) is 1. The predicted molar refractivity (Wildman–Crippen MR) is 76.2 cm³/mol. The molecule has 6 heteroatoms. The number of amides is 1. The van der Waals surface area contributed by atoms with E-state index < -0.39 is 0 Å². The molecular weight excluding hydrogens is 270 g/mol. The molecule has 0 unspecified atom stereocenters. The van der Waals surface area contributed by atoms with Crippen molar-refractivity contribution in [3.8, 4) is 5.75 Å². The number of nitrogens with one attached hydrogen (secondary N) is 1. The summed E-state index contributed by atoms with van der Waals surface area (Å²) >= 11 is 0. The Bertz CT molecular complexity index is 671. The van der Waals surface area contributed by atoms with E-state index in [2.05, 4.69) is 15.3 Å². The third-order valence-corrected chi connectivity index (χ3v) is 2.85. The molecule has 1 aromatic heterocycles. The van der Waals surface area contributed by atoms with Gasteiger partial charge in [-0.3, -0.25) is 9.59 Å². The third kappa shape index (κ3) is 3.85. The molecule has 0 spiro atoms. The van der Waals surface area contributed by atoms with Crippen LogP contribution in [0.25, 0.3) is 0 Å². The standard InChI is InChI=1S/C15H15N3O3/c1-10(19)13-7-14(18-9-17-13)15(20)16-8-11-4-3-5-12(6-11)21-2/h3-7,9H,8H2,1-2H3,(H,16,20). The number of nitrogens with zero attached hydrogens (tertiary/aromatic N) is 2. The monoisotopic (exact) mass is 285 g/mol. The second-order valence-electron chi connectivity index (χ2n) is 4.38. The first-order valence-electron chi connectivity index (χ1n) is 6.34. The zero-order valence-electron chi connectivity index (χ0n) is 11.8. The Hall–Kier alpha value is -2.76. The van der Waals surface area contributed by atoms with Crippen LogP contribution in [-0.2, 0) is 6.54 Å². The van der Waals surface area contributed by atoms with E-state index in [4.69, 9.17) is 4.74 Å². The Kier molecular flexibility index (Phi) is 4.61. The molecule has 0 radical (unpaired) electrons. The van der Waals surface area contributed by atoms with Crippen molar-refractivity contribution in [2.45, 2.75) is 13.5 Å². The van der Waals surface area contributed by atoms with Crippen molar-refractivity contribution in [1.29, 1.82) is 0 Å². The molecule has 6 nitrogen and oxygen atoms in total. The predicted octanol–water partition coefficient (Wildman–Crippen LogP) is 1.62. The summed E-state index contributed by atoms with van der Waals surface area (Å²) in [6.07, 6.45) is 1.21. The zero-order valence-corrected chi connectivity index (χ0v) is 11.8. The van der Waals surface area contributed by atoms with Gasteiger partial charge in [0.05, 0.1) is 7.11 Å². The van der Waals surface area contributed by atoms with Gasteiger partial charge in [0.1, 0.15) is 23.5 Å². The molecule has 1 amide bonds. The number of rotatable bonds is 5. The van der Waals surface area contributed by atoms with Crippen LogP contribution < -0.4 is 10.1 Å². The molecule has 1 aromatic carbocycles. The van der Waals surface area contributed by atoms with Gasteiger partial charge in [-0.25, -0.2) is 9.97 Å². The maximum Gasteiger partial charge on any atom is 0.270 e. The zero-order chi connectivity index (χ0) is 15.2. The van der Waals surface area contributed by atoms with Gasteiger partial charge in [-0.1, -0.05) is 12.1 Å². The summed E-state index contributed by atoms with van der Waals surface area (Å²) in [6.45, 7) is 1.73. The van der Waals surface area contributed by atoms with Gasteiger partial charge in [-0.05, 0) is 23.8 Å². The largest absolute Gasteiger partial charge is 0.497 e. The Balaban J connectivity index is 2.04. The fourth-order valence-corrected chi connectivity index (χ4v) is 1.73. The van der Waals surface area contributed by atoms with E-state index in [9.17, 15) is 9.59 Å². The van der Waals surface area contributed by atoms with Gasteiger partial charge in [0, 0.05) is 13.5 Å².